The molecule has 0 amide bonds. The van der Waals surface area contributed by atoms with Crippen molar-refractivity contribution >= 4 is 5.69 Å². The first-order valence-electron chi connectivity index (χ1n) is 5.51. The molecule has 0 spiro atoms. The van der Waals surface area contributed by atoms with E-state index in [4.69, 9.17) is 15.2 Å². The Balaban J connectivity index is 2.78. The van der Waals surface area contributed by atoms with Crippen LogP contribution in [0, 0.1) is 10.1 Å². The third-order valence-electron chi connectivity index (χ3n) is 2.21. The Bertz CT molecular complexity index is 427. The molecule has 1 aromatic carbocycles. The molecular formula is C12H18N2O4. The van der Waals surface area contributed by atoms with Crippen molar-refractivity contribution in [2.45, 2.75) is 26.0 Å². The SMILES string of the molecule is COc1ccc([N+](=O)[O-])cc1COCC(C)(C)N. The highest BCUT2D eigenvalue weighted by molar-refractivity contribution is 5.43. The maximum absolute atomic E-state index is 10.7. The highest BCUT2D eigenvalue weighted by Crippen LogP contribution is 2.24. The summed E-state index contributed by atoms with van der Waals surface area (Å²) in [6.07, 6.45) is 0. The minimum Gasteiger partial charge on any atom is -0.496 e. The largest absolute Gasteiger partial charge is 0.496 e. The van der Waals surface area contributed by atoms with Gasteiger partial charge in [-0.1, -0.05) is 0 Å². The number of non-ortho nitro benzene ring substituents is 1. The number of benzene rings is 1. The second-order valence-electron chi connectivity index (χ2n) is 4.73. The van der Waals surface area contributed by atoms with Crippen molar-refractivity contribution in [2.24, 2.45) is 5.73 Å². The second-order valence-corrected chi connectivity index (χ2v) is 4.73. The summed E-state index contributed by atoms with van der Waals surface area (Å²) >= 11 is 0. The van der Waals surface area contributed by atoms with Crippen LogP contribution < -0.4 is 10.5 Å². The molecule has 0 saturated carbocycles. The molecule has 1 aromatic rings. The van der Waals surface area contributed by atoms with Gasteiger partial charge in [0.15, 0.2) is 0 Å². The molecule has 100 valence electrons. The Morgan fingerprint density at radius 2 is 2.11 bits per heavy atom. The van der Waals surface area contributed by atoms with Crippen molar-refractivity contribution in [1.82, 2.24) is 0 Å². The summed E-state index contributed by atoms with van der Waals surface area (Å²) in [6, 6.07) is 4.40. The molecule has 6 heteroatoms. The molecule has 0 saturated heterocycles. The number of hydrogen-bond acceptors (Lipinski definition) is 5. The minimum absolute atomic E-state index is 0.0152. The molecule has 6 nitrogen and oxygen atoms in total. The van der Waals surface area contributed by atoms with Crippen LogP contribution in [0.1, 0.15) is 19.4 Å². The van der Waals surface area contributed by atoms with Crippen molar-refractivity contribution in [3.63, 3.8) is 0 Å². The molecule has 1 rings (SSSR count). The molecular weight excluding hydrogens is 236 g/mol. The standard InChI is InChI=1S/C12H18N2O4/c1-12(2,13)8-18-7-9-6-10(14(15)16)4-5-11(9)17-3/h4-6H,7-8,13H2,1-3H3. The summed E-state index contributed by atoms with van der Waals surface area (Å²) in [6.45, 7) is 4.28. The summed E-state index contributed by atoms with van der Waals surface area (Å²) in [5.41, 5.74) is 6.00. The number of nitrogens with two attached hydrogens (primary N) is 1. The van der Waals surface area contributed by atoms with Gasteiger partial charge in [-0.25, -0.2) is 0 Å². The Hall–Kier alpha value is -1.66. The Morgan fingerprint density at radius 1 is 1.44 bits per heavy atom. The number of nitro groups is 1. The third kappa shape index (κ3) is 4.31. The van der Waals surface area contributed by atoms with Gasteiger partial charge in [-0.05, 0) is 19.9 Å². The number of ether oxygens (including phenoxy) is 2. The maximum atomic E-state index is 10.7. The first-order valence-corrected chi connectivity index (χ1v) is 5.51. The topological polar surface area (TPSA) is 87.6 Å². The molecule has 18 heavy (non-hydrogen) atoms. The zero-order valence-corrected chi connectivity index (χ0v) is 10.8. The van der Waals surface area contributed by atoms with Crippen molar-refractivity contribution in [1.29, 1.82) is 0 Å². The summed E-state index contributed by atoms with van der Waals surface area (Å²) in [7, 11) is 1.51. The lowest BCUT2D eigenvalue weighted by Gasteiger charge is -2.18. The maximum Gasteiger partial charge on any atom is 0.270 e. The van der Waals surface area contributed by atoms with Gasteiger partial charge in [0.1, 0.15) is 5.75 Å². The summed E-state index contributed by atoms with van der Waals surface area (Å²) in [5.74, 6) is 0.565. The van der Waals surface area contributed by atoms with Crippen molar-refractivity contribution in [3.8, 4) is 5.75 Å². The monoisotopic (exact) mass is 254 g/mol. The Labute approximate surface area is 106 Å². The zero-order valence-electron chi connectivity index (χ0n) is 10.8. The zero-order chi connectivity index (χ0) is 13.8. The van der Waals surface area contributed by atoms with Crippen LogP contribution in [0.3, 0.4) is 0 Å². The molecule has 0 aliphatic carbocycles. The molecule has 0 atom stereocenters. The summed E-state index contributed by atoms with van der Waals surface area (Å²) < 4.78 is 10.6. The lowest BCUT2D eigenvalue weighted by atomic mass is 10.1. The van der Waals surface area contributed by atoms with Crippen LogP contribution in [-0.2, 0) is 11.3 Å². The van der Waals surface area contributed by atoms with Crippen LogP contribution >= 0.6 is 0 Å². The van der Waals surface area contributed by atoms with Gasteiger partial charge in [0, 0.05) is 23.2 Å². The number of hydrogen-bond donors (Lipinski definition) is 1. The predicted octanol–water partition coefficient (Wildman–Crippen LogP) is 1.86. The number of rotatable bonds is 6. The van der Waals surface area contributed by atoms with E-state index < -0.39 is 10.5 Å². The average molecular weight is 254 g/mol. The van der Waals surface area contributed by atoms with E-state index in [1.54, 1.807) is 6.07 Å². The van der Waals surface area contributed by atoms with Crippen LogP contribution in [0.15, 0.2) is 18.2 Å². The highest BCUT2D eigenvalue weighted by Gasteiger charge is 2.14. The Kier molecular flexibility index (Phi) is 4.63. The fourth-order valence-corrected chi connectivity index (χ4v) is 1.42. The van der Waals surface area contributed by atoms with E-state index in [1.165, 1.54) is 19.2 Å². The molecule has 0 heterocycles. The van der Waals surface area contributed by atoms with Gasteiger partial charge in [0.2, 0.25) is 0 Å². The van der Waals surface area contributed by atoms with Gasteiger partial charge >= 0.3 is 0 Å². The quantitative estimate of drug-likeness (QED) is 0.618. The van der Waals surface area contributed by atoms with Crippen molar-refractivity contribution in [2.75, 3.05) is 13.7 Å². The molecule has 0 fully saturated rings. The smallest absolute Gasteiger partial charge is 0.270 e. The minimum atomic E-state index is -0.449. The van der Waals surface area contributed by atoms with Gasteiger partial charge in [-0.3, -0.25) is 10.1 Å². The highest BCUT2D eigenvalue weighted by atomic mass is 16.6. The van der Waals surface area contributed by atoms with Crippen LogP contribution in [0.4, 0.5) is 5.69 Å². The van der Waals surface area contributed by atoms with Crippen molar-refractivity contribution in [3.05, 3.63) is 33.9 Å². The molecule has 0 aliphatic heterocycles. The van der Waals surface area contributed by atoms with E-state index in [2.05, 4.69) is 0 Å². The molecule has 0 bridgehead atoms. The molecule has 0 unspecified atom stereocenters. The van der Waals surface area contributed by atoms with Crippen LogP contribution in [-0.4, -0.2) is 24.2 Å². The van der Waals surface area contributed by atoms with Gasteiger partial charge < -0.3 is 15.2 Å². The van der Waals surface area contributed by atoms with E-state index in [9.17, 15) is 10.1 Å². The first kappa shape index (κ1) is 14.4. The lowest BCUT2D eigenvalue weighted by molar-refractivity contribution is -0.385. The lowest BCUT2D eigenvalue weighted by Crippen LogP contribution is -2.37. The van der Waals surface area contributed by atoms with E-state index in [0.717, 1.165) is 0 Å². The van der Waals surface area contributed by atoms with Crippen LogP contribution in [0.2, 0.25) is 0 Å². The van der Waals surface area contributed by atoms with Crippen molar-refractivity contribution < 1.29 is 14.4 Å². The summed E-state index contributed by atoms with van der Waals surface area (Å²) in [5, 5.41) is 10.7. The van der Waals surface area contributed by atoms with E-state index in [1.807, 2.05) is 13.8 Å². The van der Waals surface area contributed by atoms with Gasteiger partial charge in [0.25, 0.3) is 5.69 Å². The predicted molar refractivity (Wildman–Crippen MR) is 67.6 cm³/mol. The van der Waals surface area contributed by atoms with Gasteiger partial charge in [-0.15, -0.1) is 0 Å². The van der Waals surface area contributed by atoms with Crippen LogP contribution in [0.25, 0.3) is 0 Å². The molecule has 0 aliphatic rings. The van der Waals surface area contributed by atoms with E-state index >= 15 is 0 Å². The molecule has 0 radical (unpaired) electrons. The average Bonchev–Trinajstić information content (AvgIpc) is 2.27. The number of methoxy groups -OCH3 is 1. The number of nitrogens with zero attached hydrogens (tertiary/aromatic N) is 1. The molecule has 0 aromatic heterocycles. The van der Waals surface area contributed by atoms with Gasteiger partial charge in [0.05, 0.1) is 25.2 Å². The third-order valence-corrected chi connectivity index (χ3v) is 2.21. The van der Waals surface area contributed by atoms with E-state index in [0.29, 0.717) is 17.9 Å². The second kappa shape index (κ2) is 5.79. The first-order chi connectivity index (χ1) is 8.33. The molecule has 2 N–H and O–H groups in total. The fourth-order valence-electron chi connectivity index (χ4n) is 1.42. The fraction of sp³-hybridized carbons (Fsp3) is 0.500. The van der Waals surface area contributed by atoms with Gasteiger partial charge in [-0.2, -0.15) is 0 Å². The number of nitro benzene ring substituents is 1. The Morgan fingerprint density at radius 3 is 2.61 bits per heavy atom. The summed E-state index contributed by atoms with van der Waals surface area (Å²) in [4.78, 5) is 10.2. The van der Waals surface area contributed by atoms with E-state index in [-0.39, 0.29) is 12.3 Å². The van der Waals surface area contributed by atoms with Crippen LogP contribution in [0.5, 0.6) is 5.75 Å². The normalized spacial score (nSPS) is 11.3.